The van der Waals surface area contributed by atoms with E-state index in [-0.39, 0.29) is 11.3 Å². The molecule has 2 fully saturated rings. The number of aryl methyl sites for hydroxylation is 1. The van der Waals surface area contributed by atoms with Crippen LogP contribution in [0.1, 0.15) is 5.56 Å². The van der Waals surface area contributed by atoms with Crippen molar-refractivity contribution in [2.75, 3.05) is 31.6 Å². The molecule has 2 amide bonds. The van der Waals surface area contributed by atoms with Crippen LogP contribution in [-0.4, -0.2) is 47.6 Å². The van der Waals surface area contributed by atoms with Crippen molar-refractivity contribution in [3.8, 4) is 0 Å². The van der Waals surface area contributed by atoms with Gasteiger partial charge < -0.3 is 19.5 Å². The Balaban J connectivity index is 1.33. The molecule has 0 bridgehead atoms. The van der Waals surface area contributed by atoms with Crippen molar-refractivity contribution in [2.45, 2.75) is 5.41 Å². The Bertz CT molecular complexity index is 1090. The van der Waals surface area contributed by atoms with Crippen LogP contribution >= 0.6 is 0 Å². The molecule has 148 valence electrons. The molecule has 0 radical (unpaired) electrons. The first-order valence-electron chi connectivity index (χ1n) is 9.85. The quantitative estimate of drug-likeness (QED) is 0.685. The highest BCUT2D eigenvalue weighted by Gasteiger charge is 2.53. The van der Waals surface area contributed by atoms with Crippen LogP contribution in [0.15, 0.2) is 60.8 Å². The molecule has 1 aromatic heterocycles. The summed E-state index contributed by atoms with van der Waals surface area (Å²) in [5, 5.41) is 3.79. The maximum Gasteiger partial charge on any atom is 0.313 e. The molecule has 1 N–H and O–H groups in total. The lowest BCUT2D eigenvalue weighted by molar-refractivity contribution is -0.142. The van der Waals surface area contributed by atoms with E-state index in [1.54, 1.807) is 4.90 Å². The van der Waals surface area contributed by atoms with Crippen molar-refractivity contribution >= 4 is 28.4 Å². The lowest BCUT2D eigenvalue weighted by Gasteiger charge is -2.27. The Kier molecular flexibility index (Phi) is 4.17. The van der Waals surface area contributed by atoms with Gasteiger partial charge in [0.2, 0.25) is 0 Å². The van der Waals surface area contributed by atoms with Gasteiger partial charge >= 0.3 is 11.8 Å². The lowest BCUT2D eigenvalue weighted by Crippen LogP contribution is -2.41. The van der Waals surface area contributed by atoms with Crippen LogP contribution < -0.4 is 5.32 Å². The third-order valence-corrected chi connectivity index (χ3v) is 6.35. The number of rotatable bonds is 2. The molecule has 0 saturated carbocycles. The molecule has 2 aromatic carbocycles. The highest BCUT2D eigenvalue weighted by atomic mass is 16.5. The summed E-state index contributed by atoms with van der Waals surface area (Å²) in [5.41, 5.74) is 2.65. The molecule has 3 aromatic rings. The number of ether oxygens (including phenoxy) is 1. The molecule has 6 nitrogen and oxygen atoms in total. The zero-order chi connectivity index (χ0) is 20.0. The molecule has 0 aliphatic carbocycles. The van der Waals surface area contributed by atoms with E-state index in [2.05, 4.69) is 17.4 Å². The van der Waals surface area contributed by atoms with Crippen molar-refractivity contribution in [2.24, 2.45) is 13.0 Å². The number of amides is 2. The minimum absolute atomic E-state index is 0.210. The topological polar surface area (TPSA) is 63.6 Å². The monoisotopic (exact) mass is 389 g/mol. The molecule has 0 unspecified atom stereocenters. The SMILES string of the molecule is Cn1ccc2cc(NC(=O)C(=O)N3C[C@@H]4COC[C@]4(c4ccccc4)C3)ccc21. The summed E-state index contributed by atoms with van der Waals surface area (Å²) in [6.07, 6.45) is 1.97. The summed E-state index contributed by atoms with van der Waals surface area (Å²) in [6, 6.07) is 17.8. The standard InChI is InChI=1S/C23H23N3O3/c1-25-10-9-16-11-19(7-8-20(16)25)24-21(27)22(28)26-12-18-13-29-15-23(18,14-26)17-5-3-2-4-6-17/h2-11,18H,12-15H2,1H3,(H,24,27)/t18-,23+/m1/s1. The number of benzene rings is 2. The molecular weight excluding hydrogens is 366 g/mol. The molecule has 5 rings (SSSR count). The van der Waals surface area contributed by atoms with Gasteiger partial charge in [-0.3, -0.25) is 9.59 Å². The number of anilines is 1. The van der Waals surface area contributed by atoms with Gasteiger partial charge in [0.1, 0.15) is 0 Å². The van der Waals surface area contributed by atoms with Gasteiger partial charge in [-0.05, 0) is 29.8 Å². The first kappa shape index (κ1) is 17.9. The highest BCUT2D eigenvalue weighted by molar-refractivity contribution is 6.39. The second-order valence-electron chi connectivity index (χ2n) is 8.07. The Morgan fingerprint density at radius 1 is 1.14 bits per heavy atom. The van der Waals surface area contributed by atoms with Crippen molar-refractivity contribution in [1.82, 2.24) is 9.47 Å². The summed E-state index contributed by atoms with van der Waals surface area (Å²) in [7, 11) is 1.97. The van der Waals surface area contributed by atoms with Crippen LogP contribution in [0.3, 0.4) is 0 Å². The van der Waals surface area contributed by atoms with E-state index in [0.717, 1.165) is 10.9 Å². The van der Waals surface area contributed by atoms with Gasteiger partial charge in [-0.2, -0.15) is 0 Å². The highest BCUT2D eigenvalue weighted by Crippen LogP contribution is 2.43. The first-order valence-corrected chi connectivity index (χ1v) is 9.85. The predicted octanol–water partition coefficient (Wildman–Crippen LogP) is 2.54. The van der Waals surface area contributed by atoms with E-state index in [1.165, 1.54) is 5.56 Å². The van der Waals surface area contributed by atoms with E-state index in [9.17, 15) is 9.59 Å². The van der Waals surface area contributed by atoms with E-state index in [4.69, 9.17) is 4.74 Å². The van der Waals surface area contributed by atoms with Crippen molar-refractivity contribution < 1.29 is 14.3 Å². The van der Waals surface area contributed by atoms with Gasteiger partial charge in [-0.25, -0.2) is 0 Å². The van der Waals surface area contributed by atoms with Gasteiger partial charge in [-0.1, -0.05) is 30.3 Å². The maximum atomic E-state index is 12.9. The number of carbonyl (C=O) groups is 2. The predicted molar refractivity (Wildman–Crippen MR) is 111 cm³/mol. The molecule has 29 heavy (non-hydrogen) atoms. The minimum Gasteiger partial charge on any atom is -0.380 e. The Labute approximate surface area is 169 Å². The normalized spacial score (nSPS) is 23.3. The third-order valence-electron chi connectivity index (χ3n) is 6.35. The zero-order valence-electron chi connectivity index (χ0n) is 16.3. The number of fused-ring (bicyclic) bond motifs is 2. The van der Waals surface area contributed by atoms with Crippen LogP contribution in [-0.2, 0) is 26.8 Å². The minimum atomic E-state index is -0.593. The van der Waals surface area contributed by atoms with Gasteiger partial charge in [0.25, 0.3) is 0 Å². The number of hydrogen-bond acceptors (Lipinski definition) is 3. The fraction of sp³-hybridized carbons (Fsp3) is 0.304. The maximum absolute atomic E-state index is 12.9. The smallest absolute Gasteiger partial charge is 0.313 e. The molecule has 2 saturated heterocycles. The van der Waals surface area contributed by atoms with Crippen molar-refractivity contribution in [1.29, 1.82) is 0 Å². The number of carbonyl (C=O) groups excluding carboxylic acids is 2. The van der Waals surface area contributed by atoms with Crippen LogP contribution in [0.25, 0.3) is 10.9 Å². The second kappa shape index (κ2) is 6.74. The number of nitrogens with one attached hydrogen (secondary N) is 1. The average Bonchev–Trinajstić information content (AvgIpc) is 3.41. The van der Waals surface area contributed by atoms with E-state index < -0.39 is 11.8 Å². The fourth-order valence-corrected chi connectivity index (χ4v) is 4.76. The summed E-state index contributed by atoms with van der Waals surface area (Å²) >= 11 is 0. The van der Waals surface area contributed by atoms with Gasteiger partial charge in [-0.15, -0.1) is 0 Å². The van der Waals surface area contributed by atoms with E-state index >= 15 is 0 Å². The Hall–Kier alpha value is -3.12. The fourth-order valence-electron chi connectivity index (χ4n) is 4.76. The third kappa shape index (κ3) is 2.91. The molecule has 2 aliphatic heterocycles. The van der Waals surface area contributed by atoms with Crippen LogP contribution in [0.4, 0.5) is 5.69 Å². The van der Waals surface area contributed by atoms with E-state index in [1.807, 2.05) is 60.3 Å². The van der Waals surface area contributed by atoms with E-state index in [0.29, 0.717) is 32.0 Å². The van der Waals surface area contributed by atoms with Gasteiger partial charge in [0.15, 0.2) is 0 Å². The molecule has 6 heteroatoms. The molecule has 3 heterocycles. The van der Waals surface area contributed by atoms with Crippen LogP contribution in [0.2, 0.25) is 0 Å². The Morgan fingerprint density at radius 3 is 2.79 bits per heavy atom. The summed E-state index contributed by atoms with van der Waals surface area (Å²) < 4.78 is 7.77. The summed E-state index contributed by atoms with van der Waals surface area (Å²) in [4.78, 5) is 27.2. The van der Waals surface area contributed by atoms with Crippen molar-refractivity contribution in [3.05, 3.63) is 66.4 Å². The summed E-state index contributed by atoms with van der Waals surface area (Å²) in [5.74, 6) is -0.866. The number of aromatic nitrogens is 1. The number of nitrogens with zero attached hydrogens (tertiary/aromatic N) is 2. The van der Waals surface area contributed by atoms with Crippen LogP contribution in [0, 0.1) is 5.92 Å². The molecular formula is C23H23N3O3. The average molecular weight is 389 g/mol. The first-order chi connectivity index (χ1) is 14.1. The molecule has 0 spiro atoms. The number of likely N-dealkylation sites (tertiary alicyclic amines) is 1. The van der Waals surface area contributed by atoms with Crippen LogP contribution in [0.5, 0.6) is 0 Å². The lowest BCUT2D eigenvalue weighted by atomic mass is 9.75. The summed E-state index contributed by atoms with van der Waals surface area (Å²) in [6.45, 7) is 2.24. The van der Waals surface area contributed by atoms with Gasteiger partial charge in [0.05, 0.1) is 13.2 Å². The number of hydrogen-bond donors (Lipinski definition) is 1. The Morgan fingerprint density at radius 2 is 1.97 bits per heavy atom. The largest absolute Gasteiger partial charge is 0.380 e. The van der Waals surface area contributed by atoms with Gasteiger partial charge in [0, 0.05) is 54.3 Å². The zero-order valence-corrected chi connectivity index (χ0v) is 16.3. The molecule has 2 aliphatic rings. The molecule has 2 atom stereocenters. The second-order valence-corrected chi connectivity index (χ2v) is 8.07. The van der Waals surface area contributed by atoms with Crippen molar-refractivity contribution in [3.63, 3.8) is 0 Å².